The average Bonchev–Trinajstić information content (AvgIpc) is 3.61. The lowest BCUT2D eigenvalue weighted by atomic mass is 10.1. The van der Waals surface area contributed by atoms with Crippen LogP contribution in [0.1, 0.15) is 53.3 Å². The minimum absolute atomic E-state index is 0.0594. The highest BCUT2D eigenvalue weighted by Gasteiger charge is 2.29. The summed E-state index contributed by atoms with van der Waals surface area (Å²) in [6, 6.07) is 13.0. The number of pyridine rings is 2. The quantitative estimate of drug-likeness (QED) is 0.424. The van der Waals surface area contributed by atoms with Crippen molar-refractivity contribution in [3.8, 4) is 0 Å². The maximum atomic E-state index is 13.7. The normalized spacial score (nSPS) is 13.6. The van der Waals surface area contributed by atoms with E-state index in [2.05, 4.69) is 20.4 Å². The molecule has 3 heterocycles. The predicted octanol–water partition coefficient (Wildman–Crippen LogP) is 5.18. The highest BCUT2D eigenvalue weighted by atomic mass is 19.3. The van der Waals surface area contributed by atoms with Crippen LogP contribution in [0, 0.1) is 6.92 Å². The number of aryl methyl sites for hydroxylation is 1. The van der Waals surface area contributed by atoms with Crippen LogP contribution >= 0.6 is 0 Å². The fourth-order valence-corrected chi connectivity index (χ4v) is 4.06. The van der Waals surface area contributed by atoms with Crippen molar-refractivity contribution in [3.05, 3.63) is 82.9 Å². The largest absolute Gasteiger partial charge is 0.324 e. The number of fused-ring (bicyclic) bond motifs is 1. The Balaban J connectivity index is 1.33. The Morgan fingerprint density at radius 3 is 2.48 bits per heavy atom. The summed E-state index contributed by atoms with van der Waals surface area (Å²) in [6.45, 7) is 1.57. The van der Waals surface area contributed by atoms with Gasteiger partial charge in [0.2, 0.25) is 5.91 Å². The lowest BCUT2D eigenvalue weighted by Crippen LogP contribution is -2.20. The van der Waals surface area contributed by atoms with Gasteiger partial charge in [0.1, 0.15) is 6.54 Å². The Morgan fingerprint density at radius 1 is 1.12 bits per heavy atom. The van der Waals surface area contributed by atoms with Crippen molar-refractivity contribution < 1.29 is 13.6 Å². The predicted molar refractivity (Wildman–Crippen MR) is 121 cm³/mol. The van der Waals surface area contributed by atoms with Crippen molar-refractivity contribution in [3.63, 3.8) is 0 Å². The first-order valence-corrected chi connectivity index (χ1v) is 10.9. The Labute approximate surface area is 189 Å². The standard InChI is InChI=1S/C25H23F2N5O/c1-15-23-20(24(26)27)13-21(18-4-5-18)30-25(23)32(31-15)14-22(33)29-19-6-2-16(3-7-19)12-17-8-10-28-11-9-17/h2-3,6-11,13,18,24H,4-5,12,14H2,1H3,(H,29,33). The van der Waals surface area contributed by atoms with E-state index in [1.807, 2.05) is 36.4 Å². The topological polar surface area (TPSA) is 72.7 Å². The average molecular weight is 447 g/mol. The van der Waals surface area contributed by atoms with E-state index >= 15 is 0 Å². The zero-order valence-electron chi connectivity index (χ0n) is 18.1. The first-order chi connectivity index (χ1) is 16.0. The van der Waals surface area contributed by atoms with Crippen LogP contribution < -0.4 is 5.32 Å². The third kappa shape index (κ3) is 4.60. The molecule has 1 saturated carbocycles. The molecule has 8 heteroatoms. The van der Waals surface area contributed by atoms with Gasteiger partial charge < -0.3 is 5.32 Å². The zero-order chi connectivity index (χ0) is 22.9. The molecule has 1 aliphatic carbocycles. The number of anilines is 1. The van der Waals surface area contributed by atoms with E-state index in [-0.39, 0.29) is 23.9 Å². The molecule has 1 aliphatic rings. The molecule has 168 valence electrons. The summed E-state index contributed by atoms with van der Waals surface area (Å²) >= 11 is 0. The Kier molecular flexibility index (Phi) is 5.58. The molecule has 4 aromatic rings. The fourth-order valence-electron chi connectivity index (χ4n) is 4.06. The van der Waals surface area contributed by atoms with Crippen LogP contribution in [0.5, 0.6) is 0 Å². The summed E-state index contributed by atoms with van der Waals surface area (Å²) in [6.07, 6.45) is 3.58. The number of nitrogens with one attached hydrogen (secondary N) is 1. The molecule has 1 aromatic carbocycles. The van der Waals surface area contributed by atoms with Gasteiger partial charge in [-0.2, -0.15) is 5.10 Å². The van der Waals surface area contributed by atoms with Crippen LogP contribution in [0.15, 0.2) is 54.9 Å². The molecule has 0 unspecified atom stereocenters. The van der Waals surface area contributed by atoms with E-state index in [0.29, 0.717) is 28.1 Å². The molecule has 0 bridgehead atoms. The Hall–Kier alpha value is -3.68. The summed E-state index contributed by atoms with van der Waals surface area (Å²) in [5.41, 5.74) is 4.32. The summed E-state index contributed by atoms with van der Waals surface area (Å²) < 4.78 is 28.9. The molecule has 6 nitrogen and oxygen atoms in total. The van der Waals surface area contributed by atoms with Crippen LogP contribution in [-0.2, 0) is 17.8 Å². The van der Waals surface area contributed by atoms with Gasteiger partial charge in [-0.1, -0.05) is 12.1 Å². The van der Waals surface area contributed by atoms with E-state index in [9.17, 15) is 13.6 Å². The number of halogens is 2. The van der Waals surface area contributed by atoms with Crippen LogP contribution in [0.3, 0.4) is 0 Å². The van der Waals surface area contributed by atoms with Crippen molar-refractivity contribution in [2.45, 2.75) is 45.1 Å². The fraction of sp³-hybridized carbons (Fsp3) is 0.280. The van der Waals surface area contributed by atoms with Crippen LogP contribution in [0.2, 0.25) is 0 Å². The highest BCUT2D eigenvalue weighted by Crippen LogP contribution is 2.41. The second kappa shape index (κ2) is 8.69. The molecule has 3 aromatic heterocycles. The number of rotatable bonds is 7. The van der Waals surface area contributed by atoms with Gasteiger partial charge in [0.25, 0.3) is 6.43 Å². The molecular formula is C25H23F2N5O. The molecule has 33 heavy (non-hydrogen) atoms. The van der Waals surface area contributed by atoms with Gasteiger partial charge in [-0.3, -0.25) is 9.78 Å². The van der Waals surface area contributed by atoms with Crippen molar-refractivity contribution in [1.29, 1.82) is 0 Å². The first kappa shape index (κ1) is 21.2. The maximum Gasteiger partial charge on any atom is 0.264 e. The molecule has 1 amide bonds. The monoisotopic (exact) mass is 447 g/mol. The summed E-state index contributed by atoms with van der Waals surface area (Å²) in [5, 5.41) is 7.54. The van der Waals surface area contributed by atoms with Gasteiger partial charge in [0.05, 0.1) is 11.1 Å². The summed E-state index contributed by atoms with van der Waals surface area (Å²) in [4.78, 5) is 21.3. The van der Waals surface area contributed by atoms with Crippen LogP contribution in [-0.4, -0.2) is 25.7 Å². The number of amides is 1. The van der Waals surface area contributed by atoms with Gasteiger partial charge >= 0.3 is 0 Å². The number of carbonyl (C=O) groups is 1. The van der Waals surface area contributed by atoms with Crippen molar-refractivity contribution in [2.75, 3.05) is 5.32 Å². The molecule has 0 atom stereocenters. The van der Waals surface area contributed by atoms with E-state index in [0.717, 1.165) is 30.4 Å². The van der Waals surface area contributed by atoms with E-state index < -0.39 is 6.43 Å². The van der Waals surface area contributed by atoms with Crippen molar-refractivity contribution in [1.82, 2.24) is 19.7 Å². The molecule has 0 saturated heterocycles. The minimum atomic E-state index is -2.62. The van der Waals surface area contributed by atoms with Crippen molar-refractivity contribution in [2.24, 2.45) is 0 Å². The van der Waals surface area contributed by atoms with Crippen LogP contribution in [0.25, 0.3) is 11.0 Å². The van der Waals surface area contributed by atoms with Crippen LogP contribution in [0.4, 0.5) is 14.5 Å². The molecule has 5 rings (SSSR count). The van der Waals surface area contributed by atoms with Crippen molar-refractivity contribution >= 4 is 22.6 Å². The van der Waals surface area contributed by atoms with Gasteiger partial charge in [0, 0.05) is 35.3 Å². The molecule has 1 fully saturated rings. The molecule has 0 aliphatic heterocycles. The number of carbonyl (C=O) groups excluding carboxylic acids is 1. The number of benzene rings is 1. The summed E-state index contributed by atoms with van der Waals surface area (Å²) in [7, 11) is 0. The number of hydrogen-bond donors (Lipinski definition) is 1. The van der Waals surface area contributed by atoms with Gasteiger partial charge in [0.15, 0.2) is 5.65 Å². The second-order valence-electron chi connectivity index (χ2n) is 8.43. The van der Waals surface area contributed by atoms with E-state index in [1.165, 1.54) is 10.7 Å². The number of aromatic nitrogens is 4. The molecular weight excluding hydrogens is 424 g/mol. The van der Waals surface area contributed by atoms with E-state index in [4.69, 9.17) is 0 Å². The molecule has 1 N–H and O–H groups in total. The summed E-state index contributed by atoms with van der Waals surface area (Å²) in [5.74, 6) is -0.0754. The van der Waals surface area contributed by atoms with Gasteiger partial charge in [-0.15, -0.1) is 0 Å². The number of hydrogen-bond acceptors (Lipinski definition) is 4. The second-order valence-corrected chi connectivity index (χ2v) is 8.43. The smallest absolute Gasteiger partial charge is 0.264 e. The Morgan fingerprint density at radius 2 is 1.82 bits per heavy atom. The third-order valence-electron chi connectivity index (χ3n) is 5.85. The van der Waals surface area contributed by atoms with Gasteiger partial charge in [-0.05, 0) is 67.6 Å². The minimum Gasteiger partial charge on any atom is -0.324 e. The molecule has 0 spiro atoms. The maximum absolute atomic E-state index is 13.7. The number of alkyl halides is 2. The van der Waals surface area contributed by atoms with E-state index in [1.54, 1.807) is 19.3 Å². The third-order valence-corrected chi connectivity index (χ3v) is 5.85. The lowest BCUT2D eigenvalue weighted by molar-refractivity contribution is -0.116. The highest BCUT2D eigenvalue weighted by molar-refractivity contribution is 5.92. The Bertz CT molecular complexity index is 1300. The first-order valence-electron chi connectivity index (χ1n) is 10.9. The molecule has 0 radical (unpaired) electrons. The van der Waals surface area contributed by atoms with Gasteiger partial charge in [-0.25, -0.2) is 18.4 Å². The number of nitrogens with zero attached hydrogens (tertiary/aromatic N) is 4. The SMILES string of the molecule is Cc1nn(CC(=O)Nc2ccc(Cc3ccncc3)cc2)c2nc(C3CC3)cc(C(F)F)c12. The lowest BCUT2D eigenvalue weighted by Gasteiger charge is -2.09. The zero-order valence-corrected chi connectivity index (χ0v) is 18.1.